The fourth-order valence-electron chi connectivity index (χ4n) is 2.44. The summed E-state index contributed by atoms with van der Waals surface area (Å²) in [6.07, 6.45) is -0.272. The number of carbonyl (C=O) groups is 1. The van der Waals surface area contributed by atoms with Crippen LogP contribution < -0.4 is 10.2 Å². The third-order valence-corrected chi connectivity index (χ3v) is 3.50. The molecule has 21 heavy (non-hydrogen) atoms. The van der Waals surface area contributed by atoms with Gasteiger partial charge in [-0.05, 0) is 30.7 Å². The predicted molar refractivity (Wildman–Crippen MR) is 83.6 cm³/mol. The molecule has 0 aliphatic carbocycles. The zero-order valence-corrected chi connectivity index (χ0v) is 12.0. The Morgan fingerprint density at radius 3 is 2.81 bits per heavy atom. The highest BCUT2D eigenvalue weighted by Crippen LogP contribution is 2.22. The minimum atomic E-state index is -0.272. The van der Waals surface area contributed by atoms with Crippen LogP contribution in [0, 0.1) is 6.92 Å². The average Bonchev–Trinajstić information content (AvgIpc) is 2.92. The molecule has 1 fully saturated rings. The van der Waals surface area contributed by atoms with Gasteiger partial charge in [0, 0.05) is 17.9 Å². The van der Waals surface area contributed by atoms with Crippen LogP contribution in [0.5, 0.6) is 0 Å². The molecule has 1 amide bonds. The van der Waals surface area contributed by atoms with Gasteiger partial charge in [-0.3, -0.25) is 4.90 Å². The first kappa shape index (κ1) is 13.5. The topological polar surface area (TPSA) is 41.6 Å². The SMILES string of the molecule is Cc1cccc(CNc2cccc(N3CCOC3=O)c2)c1. The summed E-state index contributed by atoms with van der Waals surface area (Å²) in [5, 5.41) is 3.39. The molecule has 0 radical (unpaired) electrons. The molecule has 0 atom stereocenters. The zero-order chi connectivity index (χ0) is 14.7. The second-order valence-corrected chi connectivity index (χ2v) is 5.16. The van der Waals surface area contributed by atoms with Gasteiger partial charge in [-0.1, -0.05) is 35.9 Å². The minimum absolute atomic E-state index is 0.272. The van der Waals surface area contributed by atoms with E-state index in [-0.39, 0.29) is 6.09 Å². The molecule has 4 heteroatoms. The first-order valence-electron chi connectivity index (χ1n) is 7.06. The van der Waals surface area contributed by atoms with Gasteiger partial charge in [0.1, 0.15) is 6.61 Å². The van der Waals surface area contributed by atoms with Crippen molar-refractivity contribution < 1.29 is 9.53 Å². The summed E-state index contributed by atoms with van der Waals surface area (Å²) in [6.45, 7) is 3.92. The standard InChI is InChI=1S/C17H18N2O2/c1-13-4-2-5-14(10-13)12-18-15-6-3-7-16(11-15)19-8-9-21-17(19)20/h2-7,10-11,18H,8-9,12H2,1H3. The van der Waals surface area contributed by atoms with Crippen molar-refractivity contribution in [3.05, 3.63) is 59.7 Å². The maximum absolute atomic E-state index is 11.6. The van der Waals surface area contributed by atoms with Crippen LogP contribution in [0.2, 0.25) is 0 Å². The van der Waals surface area contributed by atoms with E-state index < -0.39 is 0 Å². The van der Waals surface area contributed by atoms with Gasteiger partial charge < -0.3 is 10.1 Å². The van der Waals surface area contributed by atoms with Gasteiger partial charge in [-0.25, -0.2) is 4.79 Å². The number of aryl methyl sites for hydroxylation is 1. The Morgan fingerprint density at radius 2 is 2.05 bits per heavy atom. The molecule has 2 aromatic carbocycles. The molecule has 0 unspecified atom stereocenters. The molecule has 3 rings (SSSR count). The smallest absolute Gasteiger partial charge is 0.414 e. The van der Waals surface area contributed by atoms with Gasteiger partial charge in [-0.2, -0.15) is 0 Å². The zero-order valence-electron chi connectivity index (χ0n) is 12.0. The molecule has 1 N–H and O–H groups in total. The molecular formula is C17H18N2O2. The number of cyclic esters (lactones) is 1. The quantitative estimate of drug-likeness (QED) is 0.932. The van der Waals surface area contributed by atoms with Crippen molar-refractivity contribution in [2.24, 2.45) is 0 Å². The van der Waals surface area contributed by atoms with Gasteiger partial charge >= 0.3 is 6.09 Å². The lowest BCUT2D eigenvalue weighted by molar-refractivity contribution is 0.181. The molecule has 0 spiro atoms. The van der Waals surface area contributed by atoms with Gasteiger partial charge in [-0.15, -0.1) is 0 Å². The fourth-order valence-corrected chi connectivity index (χ4v) is 2.44. The van der Waals surface area contributed by atoms with Crippen molar-refractivity contribution in [1.82, 2.24) is 0 Å². The Morgan fingerprint density at radius 1 is 1.19 bits per heavy atom. The van der Waals surface area contributed by atoms with Crippen molar-refractivity contribution in [2.45, 2.75) is 13.5 Å². The second-order valence-electron chi connectivity index (χ2n) is 5.16. The van der Waals surface area contributed by atoms with E-state index in [1.807, 2.05) is 24.3 Å². The molecule has 4 nitrogen and oxygen atoms in total. The maximum Gasteiger partial charge on any atom is 0.414 e. The predicted octanol–water partition coefficient (Wildman–Crippen LogP) is 3.56. The molecule has 0 bridgehead atoms. The lowest BCUT2D eigenvalue weighted by Crippen LogP contribution is -2.23. The number of nitrogens with one attached hydrogen (secondary N) is 1. The minimum Gasteiger partial charge on any atom is -0.447 e. The molecular weight excluding hydrogens is 264 g/mol. The van der Waals surface area contributed by atoms with Crippen LogP contribution >= 0.6 is 0 Å². The normalized spacial score (nSPS) is 14.1. The lowest BCUT2D eigenvalue weighted by Gasteiger charge is -2.14. The first-order chi connectivity index (χ1) is 10.2. The van der Waals surface area contributed by atoms with Crippen molar-refractivity contribution in [1.29, 1.82) is 0 Å². The van der Waals surface area contributed by atoms with Crippen LogP contribution in [-0.4, -0.2) is 19.2 Å². The highest BCUT2D eigenvalue weighted by molar-refractivity contribution is 5.89. The fraction of sp³-hybridized carbons (Fsp3) is 0.235. The number of rotatable bonds is 4. The lowest BCUT2D eigenvalue weighted by atomic mass is 10.1. The van der Waals surface area contributed by atoms with Crippen LogP contribution in [-0.2, 0) is 11.3 Å². The Kier molecular flexibility index (Phi) is 3.77. The van der Waals surface area contributed by atoms with Crippen LogP contribution in [0.4, 0.5) is 16.2 Å². The number of ether oxygens (including phenoxy) is 1. The van der Waals surface area contributed by atoms with Crippen molar-refractivity contribution >= 4 is 17.5 Å². The average molecular weight is 282 g/mol. The van der Waals surface area contributed by atoms with E-state index >= 15 is 0 Å². The number of amides is 1. The van der Waals surface area contributed by atoms with E-state index in [1.54, 1.807) is 4.90 Å². The molecule has 0 aromatic heterocycles. The van der Waals surface area contributed by atoms with Crippen LogP contribution in [0.25, 0.3) is 0 Å². The monoisotopic (exact) mass is 282 g/mol. The maximum atomic E-state index is 11.6. The highest BCUT2D eigenvalue weighted by Gasteiger charge is 2.23. The summed E-state index contributed by atoms with van der Waals surface area (Å²) in [4.78, 5) is 13.2. The Labute approximate surface area is 124 Å². The summed E-state index contributed by atoms with van der Waals surface area (Å²) < 4.78 is 4.97. The number of hydrogen-bond donors (Lipinski definition) is 1. The van der Waals surface area contributed by atoms with E-state index in [0.29, 0.717) is 13.2 Å². The van der Waals surface area contributed by atoms with Gasteiger partial charge in [0.25, 0.3) is 0 Å². The number of carbonyl (C=O) groups excluding carboxylic acids is 1. The number of nitrogens with zero attached hydrogens (tertiary/aromatic N) is 1. The Hall–Kier alpha value is -2.49. The molecule has 1 aliphatic heterocycles. The molecule has 108 valence electrons. The Bertz CT molecular complexity index is 655. The molecule has 1 aliphatic rings. The van der Waals surface area contributed by atoms with Crippen LogP contribution in [0.1, 0.15) is 11.1 Å². The van der Waals surface area contributed by atoms with Crippen molar-refractivity contribution in [3.63, 3.8) is 0 Å². The summed E-state index contributed by atoms with van der Waals surface area (Å²) in [5.41, 5.74) is 4.35. The van der Waals surface area contributed by atoms with Crippen LogP contribution in [0.15, 0.2) is 48.5 Å². The number of benzene rings is 2. The summed E-state index contributed by atoms with van der Waals surface area (Å²) in [7, 11) is 0. The van der Waals surface area contributed by atoms with E-state index in [1.165, 1.54) is 11.1 Å². The largest absolute Gasteiger partial charge is 0.447 e. The number of anilines is 2. The van der Waals surface area contributed by atoms with E-state index in [9.17, 15) is 4.79 Å². The molecule has 2 aromatic rings. The van der Waals surface area contributed by atoms with E-state index in [2.05, 4.69) is 36.5 Å². The summed E-state index contributed by atoms with van der Waals surface area (Å²) >= 11 is 0. The third kappa shape index (κ3) is 3.16. The first-order valence-corrected chi connectivity index (χ1v) is 7.06. The second kappa shape index (κ2) is 5.87. The van der Waals surface area contributed by atoms with Gasteiger partial charge in [0.2, 0.25) is 0 Å². The Balaban J connectivity index is 1.70. The molecule has 0 saturated carbocycles. The van der Waals surface area contributed by atoms with Gasteiger partial charge in [0.05, 0.1) is 6.54 Å². The summed E-state index contributed by atoms with van der Waals surface area (Å²) in [6, 6.07) is 16.2. The van der Waals surface area contributed by atoms with Crippen molar-refractivity contribution in [2.75, 3.05) is 23.4 Å². The van der Waals surface area contributed by atoms with Gasteiger partial charge in [0.15, 0.2) is 0 Å². The highest BCUT2D eigenvalue weighted by atomic mass is 16.6. The van der Waals surface area contributed by atoms with E-state index in [0.717, 1.165) is 17.9 Å². The van der Waals surface area contributed by atoms with E-state index in [4.69, 9.17) is 4.74 Å². The van der Waals surface area contributed by atoms with Crippen LogP contribution in [0.3, 0.4) is 0 Å². The summed E-state index contributed by atoms with van der Waals surface area (Å²) in [5.74, 6) is 0. The molecule has 1 heterocycles. The van der Waals surface area contributed by atoms with Crippen molar-refractivity contribution in [3.8, 4) is 0 Å². The third-order valence-electron chi connectivity index (χ3n) is 3.50. The number of hydrogen-bond acceptors (Lipinski definition) is 3. The molecule has 1 saturated heterocycles.